The monoisotopic (exact) mass is 338 g/mol. The summed E-state index contributed by atoms with van der Waals surface area (Å²) in [6.45, 7) is 0. The molecule has 1 aliphatic heterocycles. The molecule has 1 heterocycles. The fourth-order valence-electron chi connectivity index (χ4n) is 3.83. The highest BCUT2D eigenvalue weighted by Gasteiger charge is 2.45. The lowest BCUT2D eigenvalue weighted by Gasteiger charge is -2.25. The van der Waals surface area contributed by atoms with E-state index < -0.39 is 5.79 Å². The van der Waals surface area contributed by atoms with Gasteiger partial charge in [-0.25, -0.2) is 0 Å². The van der Waals surface area contributed by atoms with Gasteiger partial charge in [-0.1, -0.05) is 84.9 Å². The molecule has 2 atom stereocenters. The lowest BCUT2D eigenvalue weighted by molar-refractivity contribution is -0.183. The maximum Gasteiger partial charge on any atom is 0.221 e. The average Bonchev–Trinajstić information content (AvgIpc) is 3.01. The Kier molecular flexibility index (Phi) is 3.42. The lowest BCUT2D eigenvalue weighted by Crippen LogP contribution is -2.26. The molecule has 0 aliphatic carbocycles. The molecule has 2 unspecified atom stereocenters. The molecular formula is C24H18O2. The molecule has 0 spiro atoms. The molecule has 0 saturated heterocycles. The van der Waals surface area contributed by atoms with Crippen LogP contribution in [-0.4, -0.2) is 5.11 Å². The van der Waals surface area contributed by atoms with E-state index in [-0.39, 0.29) is 6.10 Å². The zero-order chi connectivity index (χ0) is 17.6. The van der Waals surface area contributed by atoms with E-state index in [2.05, 4.69) is 24.3 Å². The van der Waals surface area contributed by atoms with Crippen LogP contribution < -0.4 is 0 Å². The SMILES string of the molecule is OC1(c2ccccc2)OC(c2ccccc2)c2cc3ccccc3cc21. The molecule has 0 saturated carbocycles. The van der Waals surface area contributed by atoms with Crippen molar-refractivity contribution in [1.82, 2.24) is 0 Å². The van der Waals surface area contributed by atoms with Gasteiger partial charge in [-0.15, -0.1) is 0 Å². The maximum atomic E-state index is 11.6. The van der Waals surface area contributed by atoms with Crippen molar-refractivity contribution in [2.24, 2.45) is 0 Å². The van der Waals surface area contributed by atoms with Gasteiger partial charge in [-0.2, -0.15) is 0 Å². The zero-order valence-corrected chi connectivity index (χ0v) is 14.2. The predicted molar refractivity (Wildman–Crippen MR) is 103 cm³/mol. The molecular weight excluding hydrogens is 320 g/mol. The molecule has 5 rings (SSSR count). The maximum absolute atomic E-state index is 11.6. The van der Waals surface area contributed by atoms with Crippen molar-refractivity contribution in [1.29, 1.82) is 0 Å². The number of hydrogen-bond acceptors (Lipinski definition) is 2. The summed E-state index contributed by atoms with van der Waals surface area (Å²) in [5.74, 6) is -1.46. The summed E-state index contributed by atoms with van der Waals surface area (Å²) in [5.41, 5.74) is 3.61. The van der Waals surface area contributed by atoms with Crippen LogP contribution in [-0.2, 0) is 10.5 Å². The van der Waals surface area contributed by atoms with E-state index in [0.29, 0.717) is 0 Å². The smallest absolute Gasteiger partial charge is 0.221 e. The van der Waals surface area contributed by atoms with Gasteiger partial charge in [0, 0.05) is 11.1 Å². The highest BCUT2D eigenvalue weighted by Crippen LogP contribution is 2.49. The minimum Gasteiger partial charge on any atom is -0.358 e. The first-order valence-electron chi connectivity index (χ1n) is 8.79. The van der Waals surface area contributed by atoms with Gasteiger partial charge < -0.3 is 9.84 Å². The molecule has 26 heavy (non-hydrogen) atoms. The van der Waals surface area contributed by atoms with E-state index in [4.69, 9.17) is 4.74 Å². The predicted octanol–water partition coefficient (Wildman–Crippen LogP) is 5.15. The minimum atomic E-state index is -1.46. The lowest BCUT2D eigenvalue weighted by atomic mass is 9.90. The first kappa shape index (κ1) is 15.3. The second kappa shape index (κ2) is 5.80. The molecule has 1 N–H and O–H groups in total. The van der Waals surface area contributed by atoms with Gasteiger partial charge in [0.2, 0.25) is 5.79 Å². The van der Waals surface area contributed by atoms with Crippen LogP contribution in [0.3, 0.4) is 0 Å². The topological polar surface area (TPSA) is 29.5 Å². The van der Waals surface area contributed by atoms with Crippen LogP contribution in [0.5, 0.6) is 0 Å². The Balaban J connectivity index is 1.78. The average molecular weight is 338 g/mol. The number of fused-ring (bicyclic) bond motifs is 2. The molecule has 126 valence electrons. The van der Waals surface area contributed by atoms with E-state index in [1.165, 1.54) is 0 Å². The molecule has 2 heteroatoms. The molecule has 1 aliphatic rings. The van der Waals surface area contributed by atoms with Gasteiger partial charge in [0.15, 0.2) is 0 Å². The van der Waals surface area contributed by atoms with Gasteiger partial charge in [0.1, 0.15) is 6.10 Å². The van der Waals surface area contributed by atoms with Crippen LogP contribution in [0.2, 0.25) is 0 Å². The largest absolute Gasteiger partial charge is 0.358 e. The fourth-order valence-corrected chi connectivity index (χ4v) is 3.83. The molecule has 2 nitrogen and oxygen atoms in total. The molecule has 0 bridgehead atoms. The van der Waals surface area contributed by atoms with Crippen molar-refractivity contribution < 1.29 is 9.84 Å². The Morgan fingerprint density at radius 3 is 1.96 bits per heavy atom. The summed E-state index contributed by atoms with van der Waals surface area (Å²) in [5, 5.41) is 13.8. The second-order valence-electron chi connectivity index (χ2n) is 6.71. The Bertz CT molecular complexity index is 1070. The first-order chi connectivity index (χ1) is 12.8. The van der Waals surface area contributed by atoms with E-state index >= 15 is 0 Å². The Labute approximate surface area is 152 Å². The van der Waals surface area contributed by atoms with Gasteiger partial charge in [-0.05, 0) is 34.0 Å². The van der Waals surface area contributed by atoms with Crippen LogP contribution in [0.1, 0.15) is 28.4 Å². The molecule has 0 aromatic heterocycles. The molecule has 4 aromatic carbocycles. The van der Waals surface area contributed by atoms with Gasteiger partial charge in [0.25, 0.3) is 0 Å². The quantitative estimate of drug-likeness (QED) is 0.547. The van der Waals surface area contributed by atoms with Gasteiger partial charge in [0.05, 0.1) is 0 Å². The van der Waals surface area contributed by atoms with Crippen LogP contribution in [0.25, 0.3) is 10.8 Å². The van der Waals surface area contributed by atoms with Crippen molar-refractivity contribution >= 4 is 10.8 Å². The van der Waals surface area contributed by atoms with E-state index in [9.17, 15) is 5.11 Å². The molecule has 4 aromatic rings. The minimum absolute atomic E-state index is 0.305. The van der Waals surface area contributed by atoms with Crippen molar-refractivity contribution in [3.8, 4) is 0 Å². The summed E-state index contributed by atoms with van der Waals surface area (Å²) in [6, 6.07) is 32.1. The first-order valence-corrected chi connectivity index (χ1v) is 8.79. The summed E-state index contributed by atoms with van der Waals surface area (Å²) in [4.78, 5) is 0. The van der Waals surface area contributed by atoms with Crippen LogP contribution in [0, 0.1) is 0 Å². The number of aliphatic hydroxyl groups is 1. The van der Waals surface area contributed by atoms with Crippen LogP contribution in [0.4, 0.5) is 0 Å². The summed E-state index contributed by atoms with van der Waals surface area (Å²) in [6.07, 6.45) is -0.305. The summed E-state index contributed by atoms with van der Waals surface area (Å²) >= 11 is 0. The third-order valence-electron chi connectivity index (χ3n) is 5.12. The van der Waals surface area contributed by atoms with E-state index in [1.807, 2.05) is 72.8 Å². The van der Waals surface area contributed by atoms with Crippen molar-refractivity contribution in [3.05, 3.63) is 119 Å². The van der Waals surface area contributed by atoms with E-state index in [1.54, 1.807) is 0 Å². The standard InChI is InChI=1S/C24H18O2/c25-24(20-13-5-2-6-14-20)22-16-19-12-8-7-11-18(19)15-21(22)23(26-24)17-9-3-1-4-10-17/h1-16,23,25H. The Hall–Kier alpha value is -2.94. The van der Waals surface area contributed by atoms with Gasteiger partial charge >= 0.3 is 0 Å². The number of rotatable bonds is 2. The Morgan fingerprint density at radius 2 is 1.27 bits per heavy atom. The van der Waals surface area contributed by atoms with Gasteiger partial charge in [-0.3, -0.25) is 0 Å². The molecule has 0 fully saturated rings. The fraction of sp³-hybridized carbons (Fsp3) is 0.0833. The van der Waals surface area contributed by atoms with Crippen LogP contribution >= 0.6 is 0 Å². The molecule has 0 radical (unpaired) electrons. The number of ether oxygens (including phenoxy) is 1. The normalized spacial score (nSPS) is 21.7. The van der Waals surface area contributed by atoms with E-state index in [0.717, 1.165) is 33.0 Å². The molecule has 0 amide bonds. The number of hydrogen-bond donors (Lipinski definition) is 1. The number of benzene rings is 4. The van der Waals surface area contributed by atoms with Crippen LogP contribution in [0.15, 0.2) is 97.1 Å². The summed E-state index contributed by atoms with van der Waals surface area (Å²) in [7, 11) is 0. The highest BCUT2D eigenvalue weighted by atomic mass is 16.6. The summed E-state index contributed by atoms with van der Waals surface area (Å²) < 4.78 is 6.32. The zero-order valence-electron chi connectivity index (χ0n) is 14.2. The third-order valence-corrected chi connectivity index (χ3v) is 5.12. The third kappa shape index (κ3) is 2.27. The van der Waals surface area contributed by atoms with Crippen molar-refractivity contribution in [2.75, 3.05) is 0 Å². The highest BCUT2D eigenvalue weighted by molar-refractivity contribution is 5.85. The second-order valence-corrected chi connectivity index (χ2v) is 6.71. The van der Waals surface area contributed by atoms with Crippen molar-refractivity contribution in [3.63, 3.8) is 0 Å². The van der Waals surface area contributed by atoms with Crippen molar-refractivity contribution in [2.45, 2.75) is 11.9 Å². The Morgan fingerprint density at radius 1 is 0.692 bits per heavy atom.